The van der Waals surface area contributed by atoms with Crippen LogP contribution in [0.25, 0.3) is 0 Å². The van der Waals surface area contributed by atoms with Gasteiger partial charge in [-0.3, -0.25) is 0 Å². The molecule has 2 aromatic rings. The molecule has 0 saturated heterocycles. The normalized spacial score (nSPS) is 12.0. The van der Waals surface area contributed by atoms with Crippen molar-refractivity contribution in [3.8, 4) is 17.2 Å². The number of hydrogen-bond acceptors (Lipinski definition) is 5. The molecule has 22 heavy (non-hydrogen) atoms. The van der Waals surface area contributed by atoms with E-state index in [2.05, 4.69) is 5.32 Å². The van der Waals surface area contributed by atoms with E-state index in [-0.39, 0.29) is 12.4 Å². The van der Waals surface area contributed by atoms with Gasteiger partial charge >= 0.3 is 5.97 Å². The van der Waals surface area contributed by atoms with E-state index < -0.39 is 5.97 Å². The van der Waals surface area contributed by atoms with Crippen LogP contribution >= 0.6 is 0 Å². The van der Waals surface area contributed by atoms with Crippen LogP contribution in [-0.4, -0.2) is 25.0 Å². The highest BCUT2D eigenvalue weighted by Gasteiger charge is 2.14. The van der Waals surface area contributed by atoms with Gasteiger partial charge in [0, 0.05) is 6.54 Å². The minimum atomic E-state index is -0.978. The number of carbonyl (C=O) groups is 1. The Balaban J connectivity index is 1.78. The molecule has 0 atom stereocenters. The fourth-order valence-electron chi connectivity index (χ4n) is 2.23. The predicted molar refractivity (Wildman–Crippen MR) is 79.8 cm³/mol. The first-order valence-corrected chi connectivity index (χ1v) is 6.71. The average molecular weight is 301 g/mol. The second-order valence-corrected chi connectivity index (χ2v) is 4.76. The molecule has 0 spiro atoms. The van der Waals surface area contributed by atoms with Gasteiger partial charge in [-0.15, -0.1) is 0 Å². The zero-order valence-corrected chi connectivity index (χ0v) is 12.0. The van der Waals surface area contributed by atoms with Gasteiger partial charge in [0.1, 0.15) is 5.75 Å². The Morgan fingerprint density at radius 2 is 2.05 bits per heavy atom. The van der Waals surface area contributed by atoms with Crippen molar-refractivity contribution < 1.29 is 24.1 Å². The maximum Gasteiger partial charge on any atom is 0.335 e. The molecule has 114 valence electrons. The van der Waals surface area contributed by atoms with Gasteiger partial charge in [-0.2, -0.15) is 0 Å². The number of carboxylic acids is 1. The van der Waals surface area contributed by atoms with E-state index in [0.29, 0.717) is 23.7 Å². The Hall–Kier alpha value is -2.89. The Morgan fingerprint density at radius 1 is 1.23 bits per heavy atom. The molecule has 2 aromatic carbocycles. The van der Waals surface area contributed by atoms with E-state index in [4.69, 9.17) is 19.3 Å². The Bertz CT molecular complexity index is 714. The second-order valence-electron chi connectivity index (χ2n) is 4.76. The highest BCUT2D eigenvalue weighted by Crippen LogP contribution is 2.33. The van der Waals surface area contributed by atoms with Gasteiger partial charge in [0.15, 0.2) is 11.5 Å². The van der Waals surface area contributed by atoms with Crippen LogP contribution in [-0.2, 0) is 6.54 Å². The summed E-state index contributed by atoms with van der Waals surface area (Å²) in [6.45, 7) is 0.747. The summed E-state index contributed by atoms with van der Waals surface area (Å²) >= 11 is 0. The number of ether oxygens (including phenoxy) is 3. The molecule has 0 aromatic heterocycles. The van der Waals surface area contributed by atoms with Crippen molar-refractivity contribution in [3.05, 3.63) is 47.5 Å². The van der Waals surface area contributed by atoms with Gasteiger partial charge in [0.25, 0.3) is 0 Å². The van der Waals surface area contributed by atoms with Crippen LogP contribution in [0, 0.1) is 0 Å². The molecule has 1 aliphatic rings. The SMILES string of the molecule is COc1ccc(C(=O)O)cc1NCc1ccc2c(c1)OCO2. The lowest BCUT2D eigenvalue weighted by Gasteiger charge is -2.12. The summed E-state index contributed by atoms with van der Waals surface area (Å²) in [7, 11) is 1.54. The number of anilines is 1. The lowest BCUT2D eigenvalue weighted by Crippen LogP contribution is -2.04. The first-order chi connectivity index (χ1) is 10.7. The number of hydrogen-bond donors (Lipinski definition) is 2. The van der Waals surface area contributed by atoms with E-state index in [1.807, 2.05) is 18.2 Å². The number of nitrogens with one attached hydrogen (secondary N) is 1. The van der Waals surface area contributed by atoms with E-state index in [9.17, 15) is 4.79 Å². The average Bonchev–Trinajstić information content (AvgIpc) is 3.00. The van der Waals surface area contributed by atoms with Crippen molar-refractivity contribution in [1.82, 2.24) is 0 Å². The van der Waals surface area contributed by atoms with Crippen LogP contribution in [0.5, 0.6) is 17.2 Å². The van der Waals surface area contributed by atoms with Gasteiger partial charge < -0.3 is 24.6 Å². The van der Waals surface area contributed by atoms with Crippen molar-refractivity contribution in [2.75, 3.05) is 19.2 Å². The lowest BCUT2D eigenvalue weighted by atomic mass is 10.1. The summed E-state index contributed by atoms with van der Waals surface area (Å²) in [5.74, 6) is 1.05. The quantitative estimate of drug-likeness (QED) is 0.884. The van der Waals surface area contributed by atoms with E-state index in [1.54, 1.807) is 19.2 Å². The fourth-order valence-corrected chi connectivity index (χ4v) is 2.23. The van der Waals surface area contributed by atoms with Gasteiger partial charge in [0.2, 0.25) is 6.79 Å². The minimum absolute atomic E-state index is 0.203. The molecule has 0 saturated carbocycles. The molecule has 0 bridgehead atoms. The Morgan fingerprint density at radius 3 is 2.82 bits per heavy atom. The first-order valence-electron chi connectivity index (χ1n) is 6.71. The molecule has 0 aliphatic carbocycles. The van der Waals surface area contributed by atoms with E-state index >= 15 is 0 Å². The topological polar surface area (TPSA) is 77.0 Å². The summed E-state index contributed by atoms with van der Waals surface area (Å²) in [5, 5.41) is 12.2. The summed E-state index contributed by atoms with van der Waals surface area (Å²) in [6, 6.07) is 10.4. The second kappa shape index (κ2) is 5.85. The van der Waals surface area contributed by atoms with E-state index in [0.717, 1.165) is 11.3 Å². The Labute approximate surface area is 127 Å². The molecule has 0 unspecified atom stereocenters. The third kappa shape index (κ3) is 2.76. The zero-order valence-electron chi connectivity index (χ0n) is 12.0. The molecular weight excluding hydrogens is 286 g/mol. The molecule has 6 nitrogen and oxygen atoms in total. The van der Waals surface area contributed by atoms with Gasteiger partial charge in [-0.1, -0.05) is 6.07 Å². The smallest absolute Gasteiger partial charge is 0.335 e. The van der Waals surface area contributed by atoms with E-state index in [1.165, 1.54) is 6.07 Å². The number of fused-ring (bicyclic) bond motifs is 1. The molecule has 0 radical (unpaired) electrons. The Kier molecular flexibility index (Phi) is 3.74. The number of rotatable bonds is 5. The van der Waals surface area contributed by atoms with Crippen LogP contribution < -0.4 is 19.5 Å². The third-order valence-corrected chi connectivity index (χ3v) is 3.37. The highest BCUT2D eigenvalue weighted by atomic mass is 16.7. The highest BCUT2D eigenvalue weighted by molar-refractivity contribution is 5.89. The molecule has 1 aliphatic heterocycles. The summed E-state index contributed by atoms with van der Waals surface area (Å²) in [4.78, 5) is 11.1. The third-order valence-electron chi connectivity index (χ3n) is 3.37. The molecule has 1 heterocycles. The molecule has 2 N–H and O–H groups in total. The molecule has 6 heteroatoms. The molecule has 3 rings (SSSR count). The minimum Gasteiger partial charge on any atom is -0.495 e. The molecule has 0 fully saturated rings. The molecule has 0 amide bonds. The summed E-state index contributed by atoms with van der Waals surface area (Å²) < 4.78 is 15.8. The maximum absolute atomic E-state index is 11.1. The maximum atomic E-state index is 11.1. The summed E-state index contributed by atoms with van der Waals surface area (Å²) in [5.41, 5.74) is 1.82. The van der Waals surface area contributed by atoms with Crippen LogP contribution in [0.3, 0.4) is 0 Å². The number of aromatic carboxylic acids is 1. The lowest BCUT2D eigenvalue weighted by molar-refractivity contribution is 0.0697. The summed E-state index contributed by atoms with van der Waals surface area (Å²) in [6.07, 6.45) is 0. The first kappa shape index (κ1) is 14.1. The van der Waals surface area contributed by atoms with Crippen molar-refractivity contribution in [2.45, 2.75) is 6.54 Å². The van der Waals surface area contributed by atoms with Gasteiger partial charge in [-0.25, -0.2) is 4.79 Å². The van der Waals surface area contributed by atoms with Crippen LogP contribution in [0.1, 0.15) is 15.9 Å². The number of carboxylic acid groups (broad SMARTS) is 1. The van der Waals surface area contributed by atoms with Crippen LogP contribution in [0.2, 0.25) is 0 Å². The van der Waals surface area contributed by atoms with Gasteiger partial charge in [0.05, 0.1) is 18.4 Å². The molecular formula is C16H15NO5. The van der Waals surface area contributed by atoms with Crippen LogP contribution in [0.15, 0.2) is 36.4 Å². The zero-order chi connectivity index (χ0) is 15.5. The number of methoxy groups -OCH3 is 1. The van der Waals surface area contributed by atoms with Crippen molar-refractivity contribution >= 4 is 11.7 Å². The fraction of sp³-hybridized carbons (Fsp3) is 0.188. The van der Waals surface area contributed by atoms with Crippen molar-refractivity contribution in [1.29, 1.82) is 0 Å². The van der Waals surface area contributed by atoms with Crippen molar-refractivity contribution in [2.24, 2.45) is 0 Å². The van der Waals surface area contributed by atoms with Crippen molar-refractivity contribution in [3.63, 3.8) is 0 Å². The standard InChI is InChI=1S/C16H15NO5/c1-20-13-5-3-11(16(18)19)7-12(13)17-8-10-2-4-14-15(6-10)22-9-21-14/h2-7,17H,8-9H2,1H3,(H,18,19). The van der Waals surface area contributed by atoms with Gasteiger partial charge in [-0.05, 0) is 35.9 Å². The monoisotopic (exact) mass is 301 g/mol. The number of benzene rings is 2. The predicted octanol–water partition coefficient (Wildman–Crippen LogP) is 2.73. The van der Waals surface area contributed by atoms with Crippen LogP contribution in [0.4, 0.5) is 5.69 Å². The largest absolute Gasteiger partial charge is 0.495 e.